The fourth-order valence-electron chi connectivity index (χ4n) is 3.68. The summed E-state index contributed by atoms with van der Waals surface area (Å²) in [6, 6.07) is 30.7. The molecule has 4 rings (SSSR count). The number of benzene rings is 4. The highest BCUT2D eigenvalue weighted by molar-refractivity contribution is 5.92. The molecular formula is C33H28N4O6. The van der Waals surface area contributed by atoms with E-state index < -0.39 is 11.9 Å². The van der Waals surface area contributed by atoms with E-state index in [1.165, 1.54) is 12.4 Å². The molecule has 0 spiro atoms. The average molecular weight is 577 g/mol. The van der Waals surface area contributed by atoms with Gasteiger partial charge in [0, 0.05) is 12.8 Å². The lowest BCUT2D eigenvalue weighted by Gasteiger charge is -2.05. The monoisotopic (exact) mass is 576 g/mol. The van der Waals surface area contributed by atoms with Gasteiger partial charge >= 0.3 is 11.9 Å². The van der Waals surface area contributed by atoms with Crippen LogP contribution in [-0.4, -0.2) is 36.2 Å². The summed E-state index contributed by atoms with van der Waals surface area (Å²) in [6.07, 6.45) is 3.31. The van der Waals surface area contributed by atoms with E-state index in [9.17, 15) is 19.2 Å². The third kappa shape index (κ3) is 10.2. The van der Waals surface area contributed by atoms with Crippen molar-refractivity contribution in [3.8, 4) is 11.5 Å². The first-order chi connectivity index (χ1) is 21.0. The van der Waals surface area contributed by atoms with Gasteiger partial charge in [0.1, 0.15) is 11.5 Å². The largest absolute Gasteiger partial charge is 0.423 e. The Morgan fingerprint density at radius 2 is 0.977 bits per heavy atom. The molecule has 43 heavy (non-hydrogen) atoms. The van der Waals surface area contributed by atoms with Crippen molar-refractivity contribution in [2.24, 2.45) is 10.2 Å². The Bertz CT molecular complexity index is 1500. The van der Waals surface area contributed by atoms with Crippen molar-refractivity contribution < 1.29 is 28.7 Å². The number of carbonyl (C=O) groups is 4. The fourth-order valence-corrected chi connectivity index (χ4v) is 3.68. The van der Waals surface area contributed by atoms with Gasteiger partial charge in [0.25, 0.3) is 0 Å². The molecule has 0 saturated heterocycles. The quantitative estimate of drug-likeness (QED) is 0.107. The number of hydrogen-bond donors (Lipinski definition) is 2. The van der Waals surface area contributed by atoms with Crippen LogP contribution in [0.3, 0.4) is 0 Å². The standard InChI is InChI=1S/C33H28N4O6/c38-30(36-34-22-24-10-7-16-28(20-24)42-32(40)26-12-3-1-4-13-26)18-9-19-31(39)37-35-23-25-11-8-17-29(21-25)43-33(41)27-14-5-2-6-15-27/h1-8,10-17,20-23H,9,18-19H2,(H,36,38)(H,37,39). The van der Waals surface area contributed by atoms with E-state index >= 15 is 0 Å². The Morgan fingerprint density at radius 1 is 0.558 bits per heavy atom. The summed E-state index contributed by atoms with van der Waals surface area (Å²) in [6.45, 7) is 0. The van der Waals surface area contributed by atoms with Crippen LogP contribution in [0.1, 0.15) is 51.1 Å². The molecule has 0 aliphatic heterocycles. The van der Waals surface area contributed by atoms with E-state index in [2.05, 4.69) is 21.1 Å². The molecule has 0 aliphatic rings. The maximum atomic E-state index is 12.2. The van der Waals surface area contributed by atoms with Gasteiger partial charge in [0.15, 0.2) is 0 Å². The second-order valence-electron chi connectivity index (χ2n) is 9.10. The molecule has 0 aliphatic carbocycles. The predicted molar refractivity (Wildman–Crippen MR) is 161 cm³/mol. The van der Waals surface area contributed by atoms with Gasteiger partial charge in [-0.25, -0.2) is 20.4 Å². The molecule has 0 fully saturated rings. The summed E-state index contributed by atoms with van der Waals surface area (Å²) in [5.74, 6) is -0.987. The van der Waals surface area contributed by atoms with Crippen LogP contribution in [0.2, 0.25) is 0 Å². The van der Waals surface area contributed by atoms with Crippen LogP contribution >= 0.6 is 0 Å². The van der Waals surface area contributed by atoms with E-state index in [0.29, 0.717) is 40.2 Å². The van der Waals surface area contributed by atoms with Gasteiger partial charge in [0.2, 0.25) is 11.8 Å². The topological polar surface area (TPSA) is 136 Å². The Morgan fingerprint density at radius 3 is 1.40 bits per heavy atom. The van der Waals surface area contributed by atoms with Gasteiger partial charge in [-0.1, -0.05) is 60.7 Å². The molecule has 0 saturated carbocycles. The summed E-state index contributed by atoms with van der Waals surface area (Å²) in [5.41, 5.74) is 6.93. The van der Waals surface area contributed by atoms with Crippen molar-refractivity contribution in [1.82, 2.24) is 10.9 Å². The Kier molecular flexibility index (Phi) is 11.0. The molecular weight excluding hydrogens is 548 g/mol. The summed E-state index contributed by atoms with van der Waals surface area (Å²) >= 11 is 0. The Balaban J connectivity index is 1.14. The van der Waals surface area contributed by atoms with Gasteiger partial charge in [-0.05, 0) is 66.1 Å². The lowest BCUT2D eigenvalue weighted by atomic mass is 10.2. The van der Waals surface area contributed by atoms with E-state index in [0.717, 1.165) is 0 Å². The zero-order valence-corrected chi connectivity index (χ0v) is 23.0. The highest BCUT2D eigenvalue weighted by Gasteiger charge is 2.09. The zero-order valence-electron chi connectivity index (χ0n) is 23.0. The number of nitrogens with one attached hydrogen (secondary N) is 2. The third-order valence-electron chi connectivity index (χ3n) is 5.77. The summed E-state index contributed by atoms with van der Waals surface area (Å²) in [5, 5.41) is 7.85. The van der Waals surface area contributed by atoms with Crippen molar-refractivity contribution in [2.45, 2.75) is 19.3 Å². The van der Waals surface area contributed by atoms with Crippen LogP contribution in [-0.2, 0) is 9.59 Å². The van der Waals surface area contributed by atoms with Gasteiger partial charge < -0.3 is 9.47 Å². The van der Waals surface area contributed by atoms with Crippen molar-refractivity contribution >= 4 is 36.2 Å². The highest BCUT2D eigenvalue weighted by Crippen LogP contribution is 2.15. The Labute approximate surface area is 248 Å². The first-order valence-electron chi connectivity index (χ1n) is 13.3. The van der Waals surface area contributed by atoms with Crippen molar-refractivity contribution in [3.63, 3.8) is 0 Å². The average Bonchev–Trinajstić information content (AvgIpc) is 3.02. The van der Waals surface area contributed by atoms with Gasteiger partial charge in [-0.2, -0.15) is 10.2 Å². The molecule has 0 radical (unpaired) electrons. The predicted octanol–water partition coefficient (Wildman–Crippen LogP) is 4.90. The van der Waals surface area contributed by atoms with Crippen molar-refractivity contribution in [2.75, 3.05) is 0 Å². The molecule has 10 heteroatoms. The summed E-state index contributed by atoms with van der Waals surface area (Å²) in [4.78, 5) is 48.6. The number of hydrogen-bond acceptors (Lipinski definition) is 8. The first kappa shape index (κ1) is 30.1. The van der Waals surface area contributed by atoms with Gasteiger partial charge in [-0.15, -0.1) is 0 Å². The summed E-state index contributed by atoms with van der Waals surface area (Å²) in [7, 11) is 0. The van der Waals surface area contributed by atoms with E-state index in [-0.39, 0.29) is 24.7 Å². The van der Waals surface area contributed by atoms with Crippen molar-refractivity contribution in [1.29, 1.82) is 0 Å². The lowest BCUT2D eigenvalue weighted by molar-refractivity contribution is -0.122. The molecule has 0 unspecified atom stereocenters. The minimum absolute atomic E-state index is 0.0814. The molecule has 0 atom stereocenters. The summed E-state index contributed by atoms with van der Waals surface area (Å²) < 4.78 is 10.8. The second-order valence-corrected chi connectivity index (χ2v) is 9.10. The van der Waals surface area contributed by atoms with Crippen LogP contribution in [0, 0.1) is 0 Å². The number of nitrogens with zero attached hydrogens (tertiary/aromatic N) is 2. The fraction of sp³-hybridized carbons (Fsp3) is 0.0909. The molecule has 2 amide bonds. The first-order valence-corrected chi connectivity index (χ1v) is 13.3. The second kappa shape index (κ2) is 15.8. The zero-order chi connectivity index (χ0) is 30.3. The van der Waals surface area contributed by atoms with E-state index in [1.54, 1.807) is 97.1 Å². The third-order valence-corrected chi connectivity index (χ3v) is 5.77. The van der Waals surface area contributed by atoms with Crippen LogP contribution in [0.25, 0.3) is 0 Å². The normalized spacial score (nSPS) is 10.8. The van der Waals surface area contributed by atoms with E-state index in [1.807, 2.05) is 12.1 Å². The van der Waals surface area contributed by atoms with Crippen LogP contribution in [0.5, 0.6) is 11.5 Å². The number of rotatable bonds is 12. The molecule has 0 aromatic heterocycles. The maximum Gasteiger partial charge on any atom is 0.343 e. The number of ether oxygens (including phenoxy) is 2. The van der Waals surface area contributed by atoms with Crippen molar-refractivity contribution in [3.05, 3.63) is 131 Å². The van der Waals surface area contributed by atoms with Crippen LogP contribution < -0.4 is 20.3 Å². The number of hydrazone groups is 2. The molecule has 0 bridgehead atoms. The van der Waals surface area contributed by atoms with Crippen LogP contribution in [0.4, 0.5) is 0 Å². The lowest BCUT2D eigenvalue weighted by Crippen LogP contribution is -2.20. The molecule has 2 N–H and O–H groups in total. The number of amides is 2. The molecule has 216 valence electrons. The highest BCUT2D eigenvalue weighted by atomic mass is 16.5. The van der Waals surface area contributed by atoms with E-state index in [4.69, 9.17) is 9.47 Å². The molecule has 4 aromatic rings. The minimum atomic E-state index is -0.478. The number of esters is 2. The van der Waals surface area contributed by atoms with Crippen LogP contribution in [0.15, 0.2) is 119 Å². The minimum Gasteiger partial charge on any atom is -0.423 e. The van der Waals surface area contributed by atoms with Gasteiger partial charge in [-0.3, -0.25) is 9.59 Å². The molecule has 10 nitrogen and oxygen atoms in total. The molecule has 4 aromatic carbocycles. The maximum absolute atomic E-state index is 12.2. The number of carbonyl (C=O) groups excluding carboxylic acids is 4. The molecule has 0 heterocycles. The SMILES string of the molecule is O=C(CCCC(=O)NN=Cc1cccc(OC(=O)c2ccccc2)c1)NN=Cc1cccc(OC(=O)c2ccccc2)c1. The smallest absolute Gasteiger partial charge is 0.343 e. The Hall–Kier alpha value is -5.90. The van der Waals surface area contributed by atoms with Gasteiger partial charge in [0.05, 0.1) is 23.6 Å².